The molecule has 0 aromatic heterocycles. The standard InChI is InChI=1S/C12H22Cl2/c13-12(14)10-8-6-4-2-1-3-5-7-9-11-12/h1-11H2. The molecule has 1 fully saturated rings. The lowest BCUT2D eigenvalue weighted by Crippen LogP contribution is -2.12. The van der Waals surface area contributed by atoms with Crippen molar-refractivity contribution in [3.63, 3.8) is 0 Å². The number of hydrogen-bond donors (Lipinski definition) is 0. The summed E-state index contributed by atoms with van der Waals surface area (Å²) in [6.45, 7) is 0. The maximum Gasteiger partial charge on any atom is 0.118 e. The van der Waals surface area contributed by atoms with Crippen molar-refractivity contribution in [1.82, 2.24) is 0 Å². The van der Waals surface area contributed by atoms with Crippen molar-refractivity contribution >= 4 is 23.2 Å². The second-order valence-electron chi connectivity index (χ2n) is 4.54. The lowest BCUT2D eigenvalue weighted by atomic mass is 10.0. The highest BCUT2D eigenvalue weighted by Gasteiger charge is 2.22. The Balaban J connectivity index is 2.24. The number of halogens is 2. The summed E-state index contributed by atoms with van der Waals surface area (Å²) in [6.07, 6.45) is 13.9. The van der Waals surface area contributed by atoms with Gasteiger partial charge >= 0.3 is 0 Å². The molecule has 14 heavy (non-hydrogen) atoms. The van der Waals surface area contributed by atoms with E-state index in [0.717, 1.165) is 12.8 Å². The molecule has 1 rings (SSSR count). The van der Waals surface area contributed by atoms with Gasteiger partial charge in [-0.3, -0.25) is 0 Å². The van der Waals surface area contributed by atoms with E-state index in [1.165, 1.54) is 57.8 Å². The number of rotatable bonds is 0. The van der Waals surface area contributed by atoms with E-state index in [9.17, 15) is 0 Å². The zero-order chi connectivity index (χ0) is 10.3. The molecule has 0 N–H and O–H groups in total. The van der Waals surface area contributed by atoms with Crippen molar-refractivity contribution in [2.24, 2.45) is 0 Å². The summed E-state index contributed by atoms with van der Waals surface area (Å²) in [5.41, 5.74) is 0. The fraction of sp³-hybridized carbons (Fsp3) is 1.00. The normalized spacial score (nSPS) is 26.1. The van der Waals surface area contributed by atoms with Gasteiger partial charge in [-0.2, -0.15) is 0 Å². The first-order valence-corrected chi connectivity index (χ1v) is 6.84. The topological polar surface area (TPSA) is 0 Å². The van der Waals surface area contributed by atoms with Gasteiger partial charge in [0, 0.05) is 0 Å². The van der Waals surface area contributed by atoms with Crippen LogP contribution in [0.15, 0.2) is 0 Å². The summed E-state index contributed by atoms with van der Waals surface area (Å²) in [7, 11) is 0. The molecular formula is C12H22Cl2. The van der Waals surface area contributed by atoms with Gasteiger partial charge < -0.3 is 0 Å². The van der Waals surface area contributed by atoms with Gasteiger partial charge in [0.05, 0.1) is 0 Å². The van der Waals surface area contributed by atoms with Gasteiger partial charge in [-0.15, -0.1) is 23.2 Å². The minimum atomic E-state index is -0.431. The van der Waals surface area contributed by atoms with Crippen LogP contribution in [0.25, 0.3) is 0 Å². The van der Waals surface area contributed by atoms with Crippen LogP contribution >= 0.6 is 23.2 Å². The summed E-state index contributed by atoms with van der Waals surface area (Å²) in [5, 5.41) is 0. The van der Waals surface area contributed by atoms with Crippen molar-refractivity contribution in [2.75, 3.05) is 0 Å². The minimum absolute atomic E-state index is 0.431. The fourth-order valence-electron chi connectivity index (χ4n) is 2.13. The Bertz CT molecular complexity index is 129. The maximum atomic E-state index is 6.23. The van der Waals surface area contributed by atoms with Gasteiger partial charge in [-0.25, -0.2) is 0 Å². The van der Waals surface area contributed by atoms with Crippen LogP contribution in [0.4, 0.5) is 0 Å². The molecule has 2 heteroatoms. The molecule has 0 nitrogen and oxygen atoms in total. The first-order chi connectivity index (χ1) is 6.71. The average Bonchev–Trinajstić information content (AvgIpc) is 2.11. The van der Waals surface area contributed by atoms with Crippen molar-refractivity contribution in [2.45, 2.75) is 75.0 Å². The zero-order valence-corrected chi connectivity index (χ0v) is 10.5. The lowest BCUT2D eigenvalue weighted by molar-refractivity contribution is 0.490. The predicted octanol–water partition coefficient (Wildman–Crippen LogP) is 5.47. The lowest BCUT2D eigenvalue weighted by Gasteiger charge is -2.19. The first-order valence-electron chi connectivity index (χ1n) is 6.09. The van der Waals surface area contributed by atoms with Gasteiger partial charge in [0.2, 0.25) is 0 Å². The monoisotopic (exact) mass is 236 g/mol. The largest absolute Gasteiger partial charge is 0.118 e. The van der Waals surface area contributed by atoms with Crippen LogP contribution in [0, 0.1) is 0 Å². The van der Waals surface area contributed by atoms with Crippen molar-refractivity contribution in [1.29, 1.82) is 0 Å². The van der Waals surface area contributed by atoms with E-state index in [2.05, 4.69) is 0 Å². The molecule has 84 valence electrons. The molecule has 1 saturated carbocycles. The molecule has 0 unspecified atom stereocenters. The van der Waals surface area contributed by atoms with E-state index in [1.54, 1.807) is 0 Å². The molecule has 0 saturated heterocycles. The van der Waals surface area contributed by atoms with Crippen LogP contribution in [-0.4, -0.2) is 4.33 Å². The average molecular weight is 237 g/mol. The minimum Gasteiger partial charge on any atom is -0.102 e. The summed E-state index contributed by atoms with van der Waals surface area (Å²) in [6, 6.07) is 0. The molecule has 0 amide bonds. The third-order valence-corrected chi connectivity index (χ3v) is 3.84. The molecule has 0 radical (unpaired) electrons. The van der Waals surface area contributed by atoms with E-state index in [1.807, 2.05) is 0 Å². The van der Waals surface area contributed by atoms with Gasteiger partial charge in [0.15, 0.2) is 0 Å². The van der Waals surface area contributed by atoms with Crippen LogP contribution in [-0.2, 0) is 0 Å². The molecule has 1 aliphatic rings. The third kappa shape index (κ3) is 6.14. The smallest absolute Gasteiger partial charge is 0.102 e. The Labute approximate surface area is 98.4 Å². The van der Waals surface area contributed by atoms with Gasteiger partial charge in [-0.1, -0.05) is 57.8 Å². The molecular weight excluding hydrogens is 215 g/mol. The highest BCUT2D eigenvalue weighted by Crippen LogP contribution is 2.34. The van der Waals surface area contributed by atoms with Crippen LogP contribution in [0.2, 0.25) is 0 Å². The second-order valence-corrected chi connectivity index (χ2v) is 6.18. The molecule has 0 heterocycles. The molecule has 0 aliphatic heterocycles. The van der Waals surface area contributed by atoms with Crippen LogP contribution < -0.4 is 0 Å². The van der Waals surface area contributed by atoms with Gasteiger partial charge in [0.1, 0.15) is 4.33 Å². The van der Waals surface area contributed by atoms with E-state index < -0.39 is 4.33 Å². The predicted molar refractivity (Wildman–Crippen MR) is 65.2 cm³/mol. The first kappa shape index (κ1) is 12.6. The van der Waals surface area contributed by atoms with Crippen LogP contribution in [0.3, 0.4) is 0 Å². The Hall–Kier alpha value is 0.580. The molecule has 0 spiro atoms. The highest BCUT2D eigenvalue weighted by atomic mass is 35.5. The third-order valence-electron chi connectivity index (χ3n) is 3.09. The molecule has 0 atom stereocenters. The summed E-state index contributed by atoms with van der Waals surface area (Å²) in [4.78, 5) is 0. The van der Waals surface area contributed by atoms with Crippen molar-refractivity contribution < 1.29 is 0 Å². The number of hydrogen-bond acceptors (Lipinski definition) is 0. The van der Waals surface area contributed by atoms with E-state index in [-0.39, 0.29) is 0 Å². The fourth-order valence-corrected chi connectivity index (χ4v) is 2.66. The molecule has 0 aromatic carbocycles. The highest BCUT2D eigenvalue weighted by molar-refractivity contribution is 6.48. The number of alkyl halides is 2. The van der Waals surface area contributed by atoms with Gasteiger partial charge in [-0.05, 0) is 12.8 Å². The summed E-state index contributed by atoms with van der Waals surface area (Å²) in [5.74, 6) is 0. The van der Waals surface area contributed by atoms with E-state index in [4.69, 9.17) is 23.2 Å². The van der Waals surface area contributed by atoms with E-state index in [0.29, 0.717) is 0 Å². The summed E-state index contributed by atoms with van der Waals surface area (Å²) < 4.78 is -0.431. The quantitative estimate of drug-likeness (QED) is 0.490. The Morgan fingerprint density at radius 2 is 0.786 bits per heavy atom. The van der Waals surface area contributed by atoms with E-state index >= 15 is 0 Å². The van der Waals surface area contributed by atoms with Crippen molar-refractivity contribution in [3.05, 3.63) is 0 Å². The molecule has 0 aromatic rings. The van der Waals surface area contributed by atoms with Crippen LogP contribution in [0.1, 0.15) is 70.6 Å². The van der Waals surface area contributed by atoms with Crippen molar-refractivity contribution in [3.8, 4) is 0 Å². The Morgan fingerprint density at radius 3 is 1.14 bits per heavy atom. The summed E-state index contributed by atoms with van der Waals surface area (Å²) >= 11 is 12.5. The zero-order valence-electron chi connectivity index (χ0n) is 9.03. The Kier molecular flexibility index (Phi) is 6.28. The SMILES string of the molecule is ClC1(Cl)CCCCCCCCCCC1. The molecule has 1 aliphatic carbocycles. The van der Waals surface area contributed by atoms with Crippen LogP contribution in [0.5, 0.6) is 0 Å². The molecule has 0 bridgehead atoms. The second kappa shape index (κ2) is 6.95. The van der Waals surface area contributed by atoms with Gasteiger partial charge in [0.25, 0.3) is 0 Å². The Morgan fingerprint density at radius 1 is 0.500 bits per heavy atom. The maximum absolute atomic E-state index is 6.23.